The number of para-hydroxylation sites is 2. The van der Waals surface area contributed by atoms with Gasteiger partial charge < -0.3 is 19.7 Å². The van der Waals surface area contributed by atoms with Gasteiger partial charge in [0.1, 0.15) is 5.75 Å². The van der Waals surface area contributed by atoms with Gasteiger partial charge in [-0.25, -0.2) is 4.79 Å². The maximum Gasteiger partial charge on any atom is 0.348 e. The lowest BCUT2D eigenvalue weighted by Gasteiger charge is -2.35. The van der Waals surface area contributed by atoms with Gasteiger partial charge in [0.25, 0.3) is 0 Å². The van der Waals surface area contributed by atoms with Crippen LogP contribution in [0.3, 0.4) is 0 Å². The molecule has 0 amide bonds. The Labute approximate surface area is 146 Å². The number of nitrogens with zero attached hydrogens (tertiary/aromatic N) is 1. The quantitative estimate of drug-likeness (QED) is 0.683. The molecule has 1 aliphatic rings. The number of hydrogen-bond donors (Lipinski definition) is 1. The molecule has 0 saturated heterocycles. The van der Waals surface area contributed by atoms with Crippen LogP contribution in [-0.2, 0) is 16.1 Å². The van der Waals surface area contributed by atoms with E-state index in [1.165, 1.54) is 7.11 Å². The van der Waals surface area contributed by atoms with Gasteiger partial charge in [0.05, 0.1) is 19.3 Å². The minimum atomic E-state index is -0.707. The van der Waals surface area contributed by atoms with E-state index in [-0.39, 0.29) is 0 Å². The summed E-state index contributed by atoms with van der Waals surface area (Å²) in [5.74, 6) is 0.198. The van der Waals surface area contributed by atoms with E-state index < -0.39 is 12.1 Å². The van der Waals surface area contributed by atoms with Gasteiger partial charge in [0.15, 0.2) is 5.11 Å². The van der Waals surface area contributed by atoms with E-state index in [1.807, 2.05) is 59.5 Å². The average molecular weight is 342 g/mol. The molecular formula is C18H18N2O3S. The molecule has 124 valence electrons. The number of carbonyl (C=O) groups excluding carboxylic acids is 1. The predicted molar refractivity (Wildman–Crippen MR) is 96.1 cm³/mol. The molecular weight excluding hydrogens is 324 g/mol. The Bertz CT molecular complexity index is 736. The molecule has 0 aliphatic carbocycles. The fourth-order valence-electron chi connectivity index (χ4n) is 2.55. The van der Waals surface area contributed by atoms with Crippen LogP contribution >= 0.6 is 12.2 Å². The SMILES string of the molecule is COC(=O)[C@H]1CN(C(=S)NCc2ccccc2)c2ccccc2O1. The summed E-state index contributed by atoms with van der Waals surface area (Å²) in [7, 11) is 1.35. The van der Waals surface area contributed by atoms with Gasteiger partial charge in [-0.1, -0.05) is 42.5 Å². The molecule has 24 heavy (non-hydrogen) atoms. The Balaban J connectivity index is 1.77. The third kappa shape index (κ3) is 3.49. The highest BCUT2D eigenvalue weighted by molar-refractivity contribution is 7.80. The first-order valence-corrected chi connectivity index (χ1v) is 8.02. The molecule has 1 N–H and O–H groups in total. The summed E-state index contributed by atoms with van der Waals surface area (Å²) in [6, 6.07) is 17.5. The normalized spacial score (nSPS) is 15.9. The fraction of sp³-hybridized carbons (Fsp3) is 0.222. The molecule has 0 spiro atoms. The number of fused-ring (bicyclic) bond motifs is 1. The molecule has 0 fully saturated rings. The van der Waals surface area contributed by atoms with Gasteiger partial charge >= 0.3 is 5.97 Å². The summed E-state index contributed by atoms with van der Waals surface area (Å²) in [6.07, 6.45) is -0.707. The number of hydrogen-bond acceptors (Lipinski definition) is 4. The summed E-state index contributed by atoms with van der Waals surface area (Å²) < 4.78 is 10.5. The first-order valence-electron chi connectivity index (χ1n) is 7.62. The molecule has 5 nitrogen and oxygen atoms in total. The lowest BCUT2D eigenvalue weighted by molar-refractivity contribution is -0.148. The second-order valence-electron chi connectivity index (χ2n) is 5.35. The van der Waals surface area contributed by atoms with Gasteiger partial charge in [-0.05, 0) is 29.9 Å². The summed E-state index contributed by atoms with van der Waals surface area (Å²) in [6.45, 7) is 0.923. The highest BCUT2D eigenvalue weighted by Crippen LogP contribution is 2.33. The van der Waals surface area contributed by atoms with E-state index >= 15 is 0 Å². The van der Waals surface area contributed by atoms with E-state index in [4.69, 9.17) is 21.7 Å². The number of anilines is 1. The summed E-state index contributed by atoms with van der Waals surface area (Å²) in [5.41, 5.74) is 1.97. The zero-order chi connectivity index (χ0) is 16.9. The van der Waals surface area contributed by atoms with E-state index in [0.717, 1.165) is 11.3 Å². The maximum absolute atomic E-state index is 11.9. The molecule has 1 atom stereocenters. The summed E-state index contributed by atoms with van der Waals surface area (Å²) in [5, 5.41) is 3.78. The monoisotopic (exact) mass is 342 g/mol. The third-order valence-electron chi connectivity index (χ3n) is 3.77. The van der Waals surface area contributed by atoms with Crippen molar-refractivity contribution in [3.05, 3.63) is 60.2 Å². The van der Waals surface area contributed by atoms with E-state index in [2.05, 4.69) is 5.32 Å². The molecule has 6 heteroatoms. The molecule has 0 unspecified atom stereocenters. The number of thiocarbonyl (C=S) groups is 1. The summed E-state index contributed by atoms with van der Waals surface area (Å²) in [4.78, 5) is 13.8. The van der Waals surface area contributed by atoms with Crippen molar-refractivity contribution in [2.75, 3.05) is 18.6 Å². The Morgan fingerprint density at radius 3 is 2.71 bits per heavy atom. The second-order valence-corrected chi connectivity index (χ2v) is 5.74. The molecule has 1 aliphatic heterocycles. The van der Waals surface area contributed by atoms with Crippen molar-refractivity contribution in [2.24, 2.45) is 0 Å². The maximum atomic E-state index is 11.9. The number of nitrogens with one attached hydrogen (secondary N) is 1. The fourth-order valence-corrected chi connectivity index (χ4v) is 2.79. The summed E-state index contributed by atoms with van der Waals surface area (Å²) >= 11 is 5.53. The van der Waals surface area contributed by atoms with Crippen LogP contribution in [0.25, 0.3) is 0 Å². The van der Waals surface area contributed by atoms with Crippen molar-refractivity contribution in [3.8, 4) is 5.75 Å². The van der Waals surface area contributed by atoms with E-state index in [1.54, 1.807) is 0 Å². The van der Waals surface area contributed by atoms with E-state index in [9.17, 15) is 4.79 Å². The standard InChI is InChI=1S/C18H18N2O3S/c1-22-17(21)16-12-20(14-9-5-6-10-15(14)23-16)18(24)19-11-13-7-3-2-4-8-13/h2-10,16H,11-12H2,1H3,(H,19,24)/t16-/m1/s1. The first kappa shape index (κ1) is 16.3. The third-order valence-corrected chi connectivity index (χ3v) is 4.13. The smallest absolute Gasteiger partial charge is 0.348 e. The minimum Gasteiger partial charge on any atom is -0.475 e. The number of esters is 1. The topological polar surface area (TPSA) is 50.8 Å². The highest BCUT2D eigenvalue weighted by Gasteiger charge is 2.33. The average Bonchev–Trinajstić information content (AvgIpc) is 2.65. The van der Waals surface area contributed by atoms with Gasteiger partial charge in [0.2, 0.25) is 6.10 Å². The van der Waals surface area contributed by atoms with Crippen molar-refractivity contribution in [1.29, 1.82) is 0 Å². The van der Waals surface area contributed by atoms with Crippen molar-refractivity contribution >= 4 is 29.0 Å². The Kier molecular flexibility index (Phi) is 4.96. The Hall–Kier alpha value is -2.60. The molecule has 0 bridgehead atoms. The molecule has 0 aromatic heterocycles. The van der Waals surface area contributed by atoms with Gasteiger partial charge in [-0.3, -0.25) is 0 Å². The lowest BCUT2D eigenvalue weighted by atomic mass is 10.2. The zero-order valence-electron chi connectivity index (χ0n) is 13.3. The Morgan fingerprint density at radius 1 is 1.25 bits per heavy atom. The number of ether oxygens (including phenoxy) is 2. The second kappa shape index (κ2) is 7.31. The number of rotatable bonds is 3. The predicted octanol–water partition coefficient (Wildman–Crippen LogP) is 2.50. The molecule has 0 saturated carbocycles. The van der Waals surface area contributed by atoms with Crippen LogP contribution in [0.1, 0.15) is 5.56 Å². The first-order chi connectivity index (χ1) is 11.7. The lowest BCUT2D eigenvalue weighted by Crippen LogP contribution is -2.50. The number of benzene rings is 2. The number of carbonyl (C=O) groups is 1. The Morgan fingerprint density at radius 2 is 1.96 bits per heavy atom. The van der Waals surface area contributed by atoms with Crippen molar-refractivity contribution in [2.45, 2.75) is 12.6 Å². The zero-order valence-corrected chi connectivity index (χ0v) is 14.1. The van der Waals surface area contributed by atoms with Crippen LogP contribution in [0.4, 0.5) is 5.69 Å². The van der Waals surface area contributed by atoms with Gasteiger partial charge in [0, 0.05) is 6.54 Å². The number of methoxy groups -OCH3 is 1. The van der Waals surface area contributed by atoms with Crippen molar-refractivity contribution in [3.63, 3.8) is 0 Å². The van der Waals surface area contributed by atoms with Crippen LogP contribution in [-0.4, -0.2) is 30.8 Å². The van der Waals surface area contributed by atoms with Gasteiger partial charge in [-0.15, -0.1) is 0 Å². The van der Waals surface area contributed by atoms with Crippen LogP contribution in [0, 0.1) is 0 Å². The largest absolute Gasteiger partial charge is 0.475 e. The van der Waals surface area contributed by atoms with Crippen molar-refractivity contribution < 1.29 is 14.3 Å². The molecule has 2 aromatic carbocycles. The van der Waals surface area contributed by atoms with Crippen LogP contribution < -0.4 is 15.0 Å². The van der Waals surface area contributed by atoms with Gasteiger partial charge in [-0.2, -0.15) is 0 Å². The molecule has 2 aromatic rings. The van der Waals surface area contributed by atoms with Crippen LogP contribution in [0.2, 0.25) is 0 Å². The van der Waals surface area contributed by atoms with Crippen molar-refractivity contribution in [1.82, 2.24) is 5.32 Å². The molecule has 3 rings (SSSR count). The van der Waals surface area contributed by atoms with E-state index in [0.29, 0.717) is 24.0 Å². The van der Waals surface area contributed by atoms with Crippen LogP contribution in [0.5, 0.6) is 5.75 Å². The molecule has 1 heterocycles. The van der Waals surface area contributed by atoms with Crippen LogP contribution in [0.15, 0.2) is 54.6 Å². The molecule has 0 radical (unpaired) electrons. The minimum absolute atomic E-state index is 0.310. The highest BCUT2D eigenvalue weighted by atomic mass is 32.1.